The van der Waals surface area contributed by atoms with E-state index in [1.807, 2.05) is 85.8 Å². The Morgan fingerprint density at radius 2 is 1.55 bits per heavy atom. The predicted molar refractivity (Wildman–Crippen MR) is 127 cm³/mol. The summed E-state index contributed by atoms with van der Waals surface area (Å²) in [6.45, 7) is 1.97. The number of benzene rings is 3. The second kappa shape index (κ2) is 8.56. The molecule has 0 spiro atoms. The van der Waals surface area contributed by atoms with Gasteiger partial charge in [-0.05, 0) is 48.9 Å². The number of hydroxylamine groups is 1. The molecule has 0 aliphatic carbocycles. The lowest BCUT2D eigenvalue weighted by Crippen LogP contribution is -2.39. The molecule has 2 heterocycles. The van der Waals surface area contributed by atoms with Crippen LogP contribution in [-0.4, -0.2) is 31.1 Å². The Kier molecular flexibility index (Phi) is 5.44. The van der Waals surface area contributed by atoms with Gasteiger partial charge in [-0.1, -0.05) is 60.2 Å². The van der Waals surface area contributed by atoms with Crippen molar-refractivity contribution < 1.29 is 19.2 Å². The summed E-state index contributed by atoms with van der Waals surface area (Å²) < 4.78 is 5.23. The maximum absolute atomic E-state index is 13.5. The number of imide groups is 1. The first-order valence-corrected chi connectivity index (χ1v) is 10.8. The Hall–Kier alpha value is -3.90. The van der Waals surface area contributed by atoms with Crippen LogP contribution in [0, 0.1) is 12.8 Å². The normalized spacial score (nSPS) is 22.3. The van der Waals surface area contributed by atoms with Crippen molar-refractivity contribution in [1.82, 2.24) is 0 Å². The third-order valence-corrected chi connectivity index (χ3v) is 6.07. The predicted octanol–water partition coefficient (Wildman–Crippen LogP) is 4.40. The average Bonchev–Trinajstić information content (AvgIpc) is 3.35. The number of methoxy groups -OCH3 is 1. The monoisotopic (exact) mass is 440 g/mol. The Labute approximate surface area is 192 Å². The highest BCUT2D eigenvalue weighted by Gasteiger charge is 2.59. The van der Waals surface area contributed by atoms with E-state index in [1.54, 1.807) is 24.3 Å². The lowest BCUT2D eigenvalue weighted by atomic mass is 9.95. The van der Waals surface area contributed by atoms with E-state index in [0.29, 0.717) is 5.69 Å². The van der Waals surface area contributed by atoms with Crippen molar-refractivity contribution in [3.63, 3.8) is 0 Å². The molecule has 3 atom stereocenters. The van der Waals surface area contributed by atoms with Crippen molar-refractivity contribution in [2.75, 3.05) is 17.1 Å². The SMILES string of the molecule is COc1ccc(/C=C/C2C3C(=O)N(c4ccc(C)cc4)C(=O)C3ON2c2ccccc2)cc1. The minimum atomic E-state index is -0.871. The lowest BCUT2D eigenvalue weighted by Gasteiger charge is -2.26. The summed E-state index contributed by atoms with van der Waals surface area (Å²) >= 11 is 0. The fraction of sp³-hybridized carbons (Fsp3) is 0.185. The van der Waals surface area contributed by atoms with Gasteiger partial charge < -0.3 is 4.74 Å². The molecule has 0 N–H and O–H groups in total. The summed E-state index contributed by atoms with van der Waals surface area (Å²) in [7, 11) is 1.63. The number of aryl methyl sites for hydroxylation is 1. The van der Waals surface area contributed by atoms with Crippen molar-refractivity contribution in [1.29, 1.82) is 0 Å². The van der Waals surface area contributed by atoms with E-state index in [1.165, 1.54) is 4.90 Å². The Morgan fingerprint density at radius 1 is 0.848 bits per heavy atom. The van der Waals surface area contributed by atoms with Gasteiger partial charge in [0.15, 0.2) is 6.10 Å². The van der Waals surface area contributed by atoms with Crippen LogP contribution in [0.4, 0.5) is 11.4 Å². The Bertz CT molecular complexity index is 1190. The fourth-order valence-corrected chi connectivity index (χ4v) is 4.32. The molecule has 3 aromatic carbocycles. The molecule has 2 aliphatic rings. The summed E-state index contributed by atoms with van der Waals surface area (Å²) in [6.07, 6.45) is 3.01. The Balaban J connectivity index is 1.49. The van der Waals surface area contributed by atoms with Crippen LogP contribution in [0.25, 0.3) is 6.08 Å². The number of fused-ring (bicyclic) bond motifs is 1. The van der Waals surface area contributed by atoms with Crippen LogP contribution in [0.15, 0.2) is 84.9 Å². The van der Waals surface area contributed by atoms with Gasteiger partial charge in [-0.25, -0.2) is 9.96 Å². The number of amides is 2. The van der Waals surface area contributed by atoms with Crippen molar-refractivity contribution in [3.8, 4) is 5.75 Å². The molecule has 0 bridgehead atoms. The van der Waals surface area contributed by atoms with Gasteiger partial charge in [0.05, 0.1) is 24.5 Å². The van der Waals surface area contributed by atoms with E-state index < -0.39 is 18.1 Å². The summed E-state index contributed by atoms with van der Waals surface area (Å²) in [5.41, 5.74) is 3.38. The van der Waals surface area contributed by atoms with Crippen LogP contribution in [0.1, 0.15) is 11.1 Å². The maximum Gasteiger partial charge on any atom is 0.266 e. The highest BCUT2D eigenvalue weighted by molar-refractivity contribution is 6.24. The summed E-state index contributed by atoms with van der Waals surface area (Å²) in [5.74, 6) is -0.465. The number of nitrogens with zero attached hydrogens (tertiary/aromatic N) is 2. The molecule has 3 unspecified atom stereocenters. The lowest BCUT2D eigenvalue weighted by molar-refractivity contribution is -0.126. The van der Waals surface area contributed by atoms with Crippen LogP contribution >= 0.6 is 0 Å². The highest BCUT2D eigenvalue weighted by Crippen LogP contribution is 2.41. The number of rotatable bonds is 5. The van der Waals surface area contributed by atoms with E-state index in [4.69, 9.17) is 9.57 Å². The van der Waals surface area contributed by atoms with Crippen molar-refractivity contribution >= 4 is 29.3 Å². The zero-order valence-corrected chi connectivity index (χ0v) is 18.4. The maximum atomic E-state index is 13.5. The summed E-state index contributed by atoms with van der Waals surface area (Å²) in [5, 5.41) is 1.68. The van der Waals surface area contributed by atoms with Crippen LogP contribution in [0.2, 0.25) is 0 Å². The van der Waals surface area contributed by atoms with Crippen molar-refractivity contribution in [2.24, 2.45) is 5.92 Å². The molecule has 2 saturated heterocycles. The second-order valence-electron chi connectivity index (χ2n) is 8.18. The van der Waals surface area contributed by atoms with Gasteiger partial charge in [-0.2, -0.15) is 0 Å². The highest BCUT2D eigenvalue weighted by atomic mass is 16.7. The zero-order chi connectivity index (χ0) is 22.9. The zero-order valence-electron chi connectivity index (χ0n) is 18.4. The van der Waals surface area contributed by atoms with Crippen molar-refractivity contribution in [3.05, 3.63) is 96.1 Å². The number of para-hydroxylation sites is 1. The second-order valence-corrected chi connectivity index (χ2v) is 8.18. The number of hydrogen-bond acceptors (Lipinski definition) is 5. The first kappa shape index (κ1) is 21.0. The smallest absolute Gasteiger partial charge is 0.266 e. The van der Waals surface area contributed by atoms with Gasteiger partial charge in [0.2, 0.25) is 5.91 Å². The molecule has 0 radical (unpaired) electrons. The summed E-state index contributed by atoms with van der Waals surface area (Å²) in [6, 6.07) is 24.1. The number of carbonyl (C=O) groups is 2. The third-order valence-electron chi connectivity index (χ3n) is 6.07. The number of anilines is 2. The molecule has 0 aromatic heterocycles. The molecule has 6 heteroatoms. The fourth-order valence-electron chi connectivity index (χ4n) is 4.32. The number of hydrogen-bond donors (Lipinski definition) is 0. The van der Waals surface area contributed by atoms with E-state index in [2.05, 4.69) is 0 Å². The summed E-state index contributed by atoms with van der Waals surface area (Å²) in [4.78, 5) is 34.2. The van der Waals surface area contributed by atoms with Gasteiger partial charge in [0, 0.05) is 0 Å². The van der Waals surface area contributed by atoms with Gasteiger partial charge >= 0.3 is 0 Å². The number of ether oxygens (including phenoxy) is 1. The molecular formula is C27H24N2O4. The van der Waals surface area contributed by atoms with Crippen LogP contribution in [-0.2, 0) is 14.4 Å². The first-order chi connectivity index (χ1) is 16.1. The molecule has 5 rings (SSSR count). The topological polar surface area (TPSA) is 59.1 Å². The minimum absolute atomic E-state index is 0.253. The largest absolute Gasteiger partial charge is 0.497 e. The van der Waals surface area contributed by atoms with Gasteiger partial charge in [-0.3, -0.25) is 14.4 Å². The van der Waals surface area contributed by atoms with Crippen molar-refractivity contribution in [2.45, 2.75) is 19.1 Å². The van der Waals surface area contributed by atoms with Gasteiger partial charge in [0.1, 0.15) is 11.7 Å². The number of carbonyl (C=O) groups excluding carboxylic acids is 2. The molecule has 2 amide bonds. The van der Waals surface area contributed by atoms with Crippen LogP contribution < -0.4 is 14.7 Å². The Morgan fingerprint density at radius 3 is 2.21 bits per heavy atom. The van der Waals surface area contributed by atoms with E-state index in [9.17, 15) is 9.59 Å². The van der Waals surface area contributed by atoms with E-state index >= 15 is 0 Å². The standard InChI is InChI=1S/C27H24N2O4/c1-18-8-13-20(14-9-18)28-26(30)24-23(17-12-19-10-15-22(32-2)16-11-19)29(33-25(24)27(28)31)21-6-4-3-5-7-21/h3-17,23-25H,1-2H3/b17-12+. The first-order valence-electron chi connectivity index (χ1n) is 10.8. The van der Waals surface area contributed by atoms with Crippen LogP contribution in [0.5, 0.6) is 5.75 Å². The molecule has 0 saturated carbocycles. The quantitative estimate of drug-likeness (QED) is 0.551. The molecule has 3 aromatic rings. The molecule has 33 heavy (non-hydrogen) atoms. The molecule has 166 valence electrons. The van der Waals surface area contributed by atoms with Crippen LogP contribution in [0.3, 0.4) is 0 Å². The molecule has 6 nitrogen and oxygen atoms in total. The molecule has 2 aliphatic heterocycles. The minimum Gasteiger partial charge on any atom is -0.497 e. The molecular weight excluding hydrogens is 416 g/mol. The van der Waals surface area contributed by atoms with Gasteiger partial charge in [-0.15, -0.1) is 0 Å². The van der Waals surface area contributed by atoms with Gasteiger partial charge in [0.25, 0.3) is 5.91 Å². The molecule has 2 fully saturated rings. The van der Waals surface area contributed by atoms with E-state index in [-0.39, 0.29) is 11.8 Å². The van der Waals surface area contributed by atoms with E-state index in [0.717, 1.165) is 22.6 Å². The average molecular weight is 440 g/mol. The third kappa shape index (κ3) is 3.79.